The highest BCUT2D eigenvalue weighted by molar-refractivity contribution is 5.79. The molecule has 3 heteroatoms. The third-order valence-electron chi connectivity index (χ3n) is 2.27. The molecule has 1 saturated heterocycles. The lowest BCUT2D eigenvalue weighted by atomic mass is 9.97. The lowest BCUT2D eigenvalue weighted by Crippen LogP contribution is -2.29. The van der Waals surface area contributed by atoms with Crippen LogP contribution in [0.4, 0.5) is 0 Å². The van der Waals surface area contributed by atoms with Crippen LogP contribution in [0.25, 0.3) is 0 Å². The number of allylic oxidation sites excluding steroid dienone is 1. The molecule has 0 aromatic carbocycles. The van der Waals surface area contributed by atoms with Crippen LogP contribution in [0.1, 0.15) is 12.8 Å². The molecule has 1 heterocycles. The molecule has 0 amide bonds. The fourth-order valence-corrected chi connectivity index (χ4v) is 1.44. The standard InChI is InChI=1S/C9H15NO2/c1-10-6-4-8(5-7-10)2-3-9(11)12/h2-3,8H,4-7H2,1H3,(H,11,12)/b3-2-. The zero-order chi connectivity index (χ0) is 8.97. The number of carbonyl (C=O) groups is 1. The largest absolute Gasteiger partial charge is 0.478 e. The van der Waals surface area contributed by atoms with Crippen LogP contribution in [0.15, 0.2) is 12.2 Å². The molecule has 1 fully saturated rings. The Kier molecular flexibility index (Phi) is 3.29. The average Bonchev–Trinajstić information content (AvgIpc) is 2.03. The number of aliphatic carboxylic acids is 1. The van der Waals surface area contributed by atoms with Crippen molar-refractivity contribution in [1.29, 1.82) is 0 Å². The summed E-state index contributed by atoms with van der Waals surface area (Å²) in [5.74, 6) is -0.369. The van der Waals surface area contributed by atoms with Crippen molar-refractivity contribution in [1.82, 2.24) is 4.90 Å². The van der Waals surface area contributed by atoms with Crippen molar-refractivity contribution in [3.8, 4) is 0 Å². The molecule has 0 aromatic heterocycles. The predicted molar refractivity (Wildman–Crippen MR) is 47.0 cm³/mol. The van der Waals surface area contributed by atoms with Crippen LogP contribution in [-0.4, -0.2) is 36.1 Å². The number of rotatable bonds is 2. The van der Waals surface area contributed by atoms with Crippen molar-refractivity contribution < 1.29 is 9.90 Å². The zero-order valence-corrected chi connectivity index (χ0v) is 7.36. The van der Waals surface area contributed by atoms with Gasteiger partial charge in [-0.1, -0.05) is 6.08 Å². The normalized spacial score (nSPS) is 21.8. The van der Waals surface area contributed by atoms with Gasteiger partial charge in [0.15, 0.2) is 0 Å². The molecule has 0 bridgehead atoms. The van der Waals surface area contributed by atoms with E-state index in [0.29, 0.717) is 5.92 Å². The Morgan fingerprint density at radius 3 is 2.58 bits per heavy atom. The second kappa shape index (κ2) is 4.26. The molecule has 1 aliphatic rings. The van der Waals surface area contributed by atoms with E-state index in [4.69, 9.17) is 5.11 Å². The van der Waals surface area contributed by atoms with Gasteiger partial charge in [0.05, 0.1) is 0 Å². The van der Waals surface area contributed by atoms with Gasteiger partial charge in [0.1, 0.15) is 0 Å². The predicted octanol–water partition coefficient (Wildman–Crippen LogP) is 0.969. The van der Waals surface area contributed by atoms with Crippen molar-refractivity contribution in [3.05, 3.63) is 12.2 Å². The van der Waals surface area contributed by atoms with E-state index in [1.165, 1.54) is 6.08 Å². The number of hydrogen-bond donors (Lipinski definition) is 1. The summed E-state index contributed by atoms with van der Waals surface area (Å²) in [6.45, 7) is 2.16. The smallest absolute Gasteiger partial charge is 0.327 e. The van der Waals surface area contributed by atoms with E-state index in [9.17, 15) is 4.79 Å². The fraction of sp³-hybridized carbons (Fsp3) is 0.667. The second-order valence-corrected chi connectivity index (χ2v) is 3.34. The van der Waals surface area contributed by atoms with E-state index in [2.05, 4.69) is 11.9 Å². The van der Waals surface area contributed by atoms with E-state index in [1.54, 1.807) is 0 Å². The molecule has 1 N–H and O–H groups in total. The van der Waals surface area contributed by atoms with Crippen LogP contribution in [-0.2, 0) is 4.79 Å². The monoisotopic (exact) mass is 169 g/mol. The number of carboxylic acid groups (broad SMARTS) is 1. The van der Waals surface area contributed by atoms with Crippen LogP contribution in [0.5, 0.6) is 0 Å². The molecule has 1 aliphatic heterocycles. The van der Waals surface area contributed by atoms with Crippen LogP contribution in [0, 0.1) is 5.92 Å². The van der Waals surface area contributed by atoms with Crippen molar-refractivity contribution in [2.24, 2.45) is 5.92 Å². The van der Waals surface area contributed by atoms with Gasteiger partial charge in [-0.3, -0.25) is 0 Å². The van der Waals surface area contributed by atoms with Gasteiger partial charge in [0, 0.05) is 6.08 Å². The second-order valence-electron chi connectivity index (χ2n) is 3.34. The summed E-state index contributed by atoms with van der Waals surface area (Å²) >= 11 is 0. The lowest BCUT2D eigenvalue weighted by Gasteiger charge is -2.26. The van der Waals surface area contributed by atoms with E-state index in [1.807, 2.05) is 6.08 Å². The maximum atomic E-state index is 10.2. The molecule has 0 saturated carbocycles. The minimum Gasteiger partial charge on any atom is -0.478 e. The molecule has 68 valence electrons. The van der Waals surface area contributed by atoms with Gasteiger partial charge in [-0.15, -0.1) is 0 Å². The highest BCUT2D eigenvalue weighted by Gasteiger charge is 2.13. The van der Waals surface area contributed by atoms with Crippen molar-refractivity contribution >= 4 is 5.97 Å². The van der Waals surface area contributed by atoms with Gasteiger partial charge in [-0.05, 0) is 38.9 Å². The summed E-state index contributed by atoms with van der Waals surface area (Å²) in [6.07, 6.45) is 5.24. The summed E-state index contributed by atoms with van der Waals surface area (Å²) in [6, 6.07) is 0. The van der Waals surface area contributed by atoms with Gasteiger partial charge in [0.25, 0.3) is 0 Å². The molecule has 0 radical (unpaired) electrons. The van der Waals surface area contributed by atoms with Crippen LogP contribution >= 0.6 is 0 Å². The van der Waals surface area contributed by atoms with Crippen LogP contribution in [0.2, 0.25) is 0 Å². The van der Waals surface area contributed by atoms with Gasteiger partial charge >= 0.3 is 5.97 Å². The first kappa shape index (κ1) is 9.26. The molecule has 0 unspecified atom stereocenters. The maximum Gasteiger partial charge on any atom is 0.327 e. The molecule has 3 nitrogen and oxygen atoms in total. The first-order valence-electron chi connectivity index (χ1n) is 4.28. The maximum absolute atomic E-state index is 10.2. The topological polar surface area (TPSA) is 40.5 Å². The van der Waals surface area contributed by atoms with Gasteiger partial charge in [0.2, 0.25) is 0 Å². The molecule has 1 rings (SSSR count). The van der Waals surface area contributed by atoms with Gasteiger partial charge < -0.3 is 10.0 Å². The fourth-order valence-electron chi connectivity index (χ4n) is 1.44. The molecule has 0 spiro atoms. The first-order chi connectivity index (χ1) is 5.68. The minimum atomic E-state index is -0.839. The third-order valence-corrected chi connectivity index (χ3v) is 2.27. The van der Waals surface area contributed by atoms with E-state index < -0.39 is 5.97 Å². The number of carboxylic acids is 1. The van der Waals surface area contributed by atoms with Gasteiger partial charge in [-0.25, -0.2) is 4.79 Å². The Morgan fingerprint density at radius 2 is 2.08 bits per heavy atom. The van der Waals surface area contributed by atoms with Crippen molar-refractivity contribution in [2.75, 3.05) is 20.1 Å². The van der Waals surface area contributed by atoms with Gasteiger partial charge in [-0.2, -0.15) is 0 Å². The summed E-state index contributed by atoms with van der Waals surface area (Å²) in [7, 11) is 2.09. The highest BCUT2D eigenvalue weighted by atomic mass is 16.4. The van der Waals surface area contributed by atoms with E-state index in [0.717, 1.165) is 25.9 Å². The molecular formula is C9H15NO2. The summed E-state index contributed by atoms with van der Waals surface area (Å²) in [5.41, 5.74) is 0. The molecular weight excluding hydrogens is 154 g/mol. The molecule has 0 aliphatic carbocycles. The Morgan fingerprint density at radius 1 is 1.50 bits per heavy atom. The summed E-state index contributed by atoms with van der Waals surface area (Å²) in [5, 5.41) is 8.40. The summed E-state index contributed by atoms with van der Waals surface area (Å²) < 4.78 is 0. The molecule has 0 atom stereocenters. The lowest BCUT2D eigenvalue weighted by molar-refractivity contribution is -0.131. The number of piperidine rings is 1. The highest BCUT2D eigenvalue weighted by Crippen LogP contribution is 2.16. The average molecular weight is 169 g/mol. The Labute approximate surface area is 72.7 Å². The molecule has 12 heavy (non-hydrogen) atoms. The van der Waals surface area contributed by atoms with E-state index >= 15 is 0 Å². The summed E-state index contributed by atoms with van der Waals surface area (Å²) in [4.78, 5) is 12.5. The first-order valence-corrected chi connectivity index (χ1v) is 4.28. The quantitative estimate of drug-likeness (QED) is 0.626. The third kappa shape index (κ3) is 3.05. The SMILES string of the molecule is CN1CCC(/C=C\C(=O)O)CC1. The number of likely N-dealkylation sites (tertiary alicyclic amines) is 1. The van der Waals surface area contributed by atoms with Crippen LogP contribution in [0.3, 0.4) is 0 Å². The Bertz CT molecular complexity index is 181. The minimum absolute atomic E-state index is 0.470. The van der Waals surface area contributed by atoms with Crippen LogP contribution < -0.4 is 0 Å². The van der Waals surface area contributed by atoms with Crippen molar-refractivity contribution in [2.45, 2.75) is 12.8 Å². The zero-order valence-electron chi connectivity index (χ0n) is 7.36. The van der Waals surface area contributed by atoms with Crippen molar-refractivity contribution in [3.63, 3.8) is 0 Å². The number of hydrogen-bond acceptors (Lipinski definition) is 2. The van der Waals surface area contributed by atoms with E-state index in [-0.39, 0.29) is 0 Å². The number of nitrogens with zero attached hydrogens (tertiary/aromatic N) is 1. The Balaban J connectivity index is 2.30. The Hall–Kier alpha value is -0.830. The molecule has 0 aromatic rings.